The maximum Gasteiger partial charge on any atom is 0.257 e. The van der Waals surface area contributed by atoms with Crippen LogP contribution < -0.4 is 10.6 Å². The first-order chi connectivity index (χ1) is 13.1. The van der Waals surface area contributed by atoms with Crippen LogP contribution in [-0.2, 0) is 4.79 Å². The van der Waals surface area contributed by atoms with Crippen LogP contribution in [0.25, 0.3) is 15.9 Å². The highest BCUT2D eigenvalue weighted by molar-refractivity contribution is 7.22. The van der Waals surface area contributed by atoms with Crippen molar-refractivity contribution in [2.45, 2.75) is 6.92 Å². The molecule has 0 fully saturated rings. The van der Waals surface area contributed by atoms with Crippen molar-refractivity contribution in [3.05, 3.63) is 66.7 Å². The van der Waals surface area contributed by atoms with E-state index < -0.39 is 0 Å². The molecule has 0 atom stereocenters. The standard InChI is InChI=1S/C19H15N5O2S/c1-12(25)21-14-4-7-16-17(10-14)27-19(22-16)23-18(26)13-2-5-15(6-3-13)24-9-8-20-11-24/h2-11H,1H3,(H,21,25)(H,22,23,26). The topological polar surface area (TPSA) is 88.9 Å². The molecule has 2 N–H and O–H groups in total. The minimum atomic E-state index is -0.228. The van der Waals surface area contributed by atoms with Crippen molar-refractivity contribution in [2.75, 3.05) is 10.6 Å². The lowest BCUT2D eigenvalue weighted by atomic mass is 10.2. The number of aromatic nitrogens is 3. The summed E-state index contributed by atoms with van der Waals surface area (Å²) in [6.45, 7) is 1.46. The van der Waals surface area contributed by atoms with Gasteiger partial charge in [0.25, 0.3) is 5.91 Å². The van der Waals surface area contributed by atoms with Crippen molar-refractivity contribution in [3.63, 3.8) is 0 Å². The first-order valence-corrected chi connectivity index (χ1v) is 8.98. The summed E-state index contributed by atoms with van der Waals surface area (Å²) in [6, 6.07) is 12.7. The minimum Gasteiger partial charge on any atom is -0.326 e. The summed E-state index contributed by atoms with van der Waals surface area (Å²) < 4.78 is 2.74. The highest BCUT2D eigenvalue weighted by Gasteiger charge is 2.11. The fourth-order valence-electron chi connectivity index (χ4n) is 2.63. The lowest BCUT2D eigenvalue weighted by Gasteiger charge is -2.04. The lowest BCUT2D eigenvalue weighted by Crippen LogP contribution is -2.11. The summed E-state index contributed by atoms with van der Waals surface area (Å²) >= 11 is 1.36. The molecule has 27 heavy (non-hydrogen) atoms. The van der Waals surface area contributed by atoms with E-state index in [0.717, 1.165) is 15.9 Å². The van der Waals surface area contributed by atoms with E-state index in [1.165, 1.54) is 18.3 Å². The first kappa shape index (κ1) is 16.9. The van der Waals surface area contributed by atoms with Gasteiger partial charge < -0.3 is 9.88 Å². The van der Waals surface area contributed by atoms with E-state index in [1.807, 2.05) is 35.0 Å². The summed E-state index contributed by atoms with van der Waals surface area (Å²) in [6.07, 6.45) is 5.24. The number of carbonyl (C=O) groups excluding carboxylic acids is 2. The number of imidazole rings is 1. The second-order valence-electron chi connectivity index (χ2n) is 5.85. The molecule has 4 aromatic rings. The van der Waals surface area contributed by atoms with Crippen molar-refractivity contribution in [1.82, 2.24) is 14.5 Å². The number of thiazole rings is 1. The normalized spacial score (nSPS) is 10.7. The number of nitrogens with zero attached hydrogens (tertiary/aromatic N) is 3. The van der Waals surface area contributed by atoms with Gasteiger partial charge in [-0.3, -0.25) is 14.9 Å². The van der Waals surface area contributed by atoms with Gasteiger partial charge in [0.2, 0.25) is 5.91 Å². The molecule has 0 aliphatic rings. The van der Waals surface area contributed by atoms with Gasteiger partial charge in [-0.05, 0) is 42.5 Å². The van der Waals surface area contributed by atoms with E-state index in [-0.39, 0.29) is 11.8 Å². The average molecular weight is 377 g/mol. The molecule has 0 unspecified atom stereocenters. The zero-order valence-electron chi connectivity index (χ0n) is 14.3. The molecular weight excluding hydrogens is 362 g/mol. The maximum absolute atomic E-state index is 12.5. The lowest BCUT2D eigenvalue weighted by molar-refractivity contribution is -0.114. The van der Waals surface area contributed by atoms with Gasteiger partial charge >= 0.3 is 0 Å². The van der Waals surface area contributed by atoms with Gasteiger partial charge in [-0.15, -0.1) is 0 Å². The smallest absolute Gasteiger partial charge is 0.257 e. The van der Waals surface area contributed by atoms with Gasteiger partial charge in [-0.25, -0.2) is 9.97 Å². The number of anilines is 2. The second kappa shape index (κ2) is 7.00. The molecule has 7 nitrogen and oxygen atoms in total. The van der Waals surface area contributed by atoms with Crippen LogP contribution in [0.4, 0.5) is 10.8 Å². The average Bonchev–Trinajstić information content (AvgIpc) is 3.30. The molecule has 2 heterocycles. The third-order valence-corrected chi connectivity index (χ3v) is 4.79. The third-order valence-electron chi connectivity index (χ3n) is 3.86. The van der Waals surface area contributed by atoms with Gasteiger partial charge in [0, 0.05) is 36.3 Å². The number of fused-ring (bicyclic) bond motifs is 1. The second-order valence-corrected chi connectivity index (χ2v) is 6.88. The number of nitrogens with one attached hydrogen (secondary N) is 2. The molecule has 4 rings (SSSR count). The monoisotopic (exact) mass is 377 g/mol. The van der Waals surface area contributed by atoms with Crippen LogP contribution in [0.3, 0.4) is 0 Å². The Hall–Kier alpha value is -3.52. The summed E-state index contributed by atoms with van der Waals surface area (Å²) in [5.41, 5.74) is 2.93. The zero-order chi connectivity index (χ0) is 18.8. The van der Waals surface area contributed by atoms with E-state index in [9.17, 15) is 9.59 Å². The first-order valence-electron chi connectivity index (χ1n) is 8.16. The van der Waals surface area contributed by atoms with E-state index in [4.69, 9.17) is 0 Å². The molecule has 2 aromatic carbocycles. The van der Waals surface area contributed by atoms with Crippen LogP contribution in [0.2, 0.25) is 0 Å². The van der Waals surface area contributed by atoms with Gasteiger partial charge in [-0.1, -0.05) is 11.3 Å². The summed E-state index contributed by atoms with van der Waals surface area (Å²) in [5, 5.41) is 6.07. The Kier molecular flexibility index (Phi) is 4.39. The number of rotatable bonds is 4. The molecule has 0 radical (unpaired) electrons. The van der Waals surface area contributed by atoms with Crippen molar-refractivity contribution < 1.29 is 9.59 Å². The molecule has 0 spiro atoms. The van der Waals surface area contributed by atoms with Gasteiger partial charge in [0.05, 0.1) is 16.5 Å². The number of amides is 2. The third kappa shape index (κ3) is 3.70. The molecule has 134 valence electrons. The predicted octanol–water partition coefficient (Wildman–Crippen LogP) is 3.69. The predicted molar refractivity (Wildman–Crippen MR) is 105 cm³/mol. The van der Waals surface area contributed by atoms with E-state index in [1.54, 1.807) is 30.7 Å². The Bertz CT molecular complexity index is 1120. The zero-order valence-corrected chi connectivity index (χ0v) is 15.2. The van der Waals surface area contributed by atoms with Crippen LogP contribution in [0, 0.1) is 0 Å². The molecule has 2 aromatic heterocycles. The fraction of sp³-hybridized carbons (Fsp3) is 0.0526. The number of benzene rings is 2. The summed E-state index contributed by atoms with van der Waals surface area (Å²) in [4.78, 5) is 32.1. The highest BCUT2D eigenvalue weighted by atomic mass is 32.1. The Balaban J connectivity index is 1.51. The Labute approximate surface area is 158 Å². The molecule has 0 saturated carbocycles. The SMILES string of the molecule is CC(=O)Nc1ccc2nc(NC(=O)c3ccc(-n4ccnc4)cc3)sc2c1. The number of hydrogen-bond donors (Lipinski definition) is 2. The summed E-state index contributed by atoms with van der Waals surface area (Å²) in [7, 11) is 0. The Morgan fingerprint density at radius 1 is 1.07 bits per heavy atom. The van der Waals surface area contributed by atoms with Crippen molar-refractivity contribution in [1.29, 1.82) is 0 Å². The Morgan fingerprint density at radius 2 is 1.89 bits per heavy atom. The Morgan fingerprint density at radius 3 is 2.59 bits per heavy atom. The molecule has 0 bridgehead atoms. The largest absolute Gasteiger partial charge is 0.326 e. The van der Waals surface area contributed by atoms with Gasteiger partial charge in [0.15, 0.2) is 5.13 Å². The van der Waals surface area contributed by atoms with E-state index in [0.29, 0.717) is 16.4 Å². The van der Waals surface area contributed by atoms with Crippen LogP contribution >= 0.6 is 11.3 Å². The molecular formula is C19H15N5O2S. The van der Waals surface area contributed by atoms with Crippen molar-refractivity contribution in [2.24, 2.45) is 0 Å². The molecule has 0 saturated heterocycles. The highest BCUT2D eigenvalue weighted by Crippen LogP contribution is 2.28. The number of hydrogen-bond acceptors (Lipinski definition) is 5. The van der Waals surface area contributed by atoms with Gasteiger partial charge in [-0.2, -0.15) is 0 Å². The molecule has 0 aliphatic carbocycles. The van der Waals surface area contributed by atoms with Crippen LogP contribution in [0.1, 0.15) is 17.3 Å². The molecule has 8 heteroatoms. The maximum atomic E-state index is 12.5. The molecule has 0 aliphatic heterocycles. The fourth-order valence-corrected chi connectivity index (χ4v) is 3.53. The van der Waals surface area contributed by atoms with Crippen LogP contribution in [0.5, 0.6) is 0 Å². The molecule has 2 amide bonds. The van der Waals surface area contributed by atoms with Crippen LogP contribution in [-0.4, -0.2) is 26.3 Å². The van der Waals surface area contributed by atoms with Crippen LogP contribution in [0.15, 0.2) is 61.2 Å². The minimum absolute atomic E-state index is 0.133. The van der Waals surface area contributed by atoms with Gasteiger partial charge in [0.1, 0.15) is 0 Å². The number of carbonyl (C=O) groups is 2. The quantitative estimate of drug-likeness (QED) is 0.568. The van der Waals surface area contributed by atoms with Crippen molar-refractivity contribution in [3.8, 4) is 5.69 Å². The van der Waals surface area contributed by atoms with E-state index >= 15 is 0 Å². The van der Waals surface area contributed by atoms with Crippen molar-refractivity contribution >= 4 is 44.2 Å². The summed E-state index contributed by atoms with van der Waals surface area (Å²) in [5.74, 6) is -0.361. The van der Waals surface area contributed by atoms with E-state index in [2.05, 4.69) is 20.6 Å².